The van der Waals surface area contributed by atoms with Gasteiger partial charge in [0.05, 0.1) is 42.6 Å². The van der Waals surface area contributed by atoms with Gasteiger partial charge in [-0.1, -0.05) is 53.5 Å². The third-order valence-corrected chi connectivity index (χ3v) is 19.7. The highest BCUT2D eigenvalue weighted by atomic mass is 28.3. The maximum absolute atomic E-state index is 18.2. The summed E-state index contributed by atoms with van der Waals surface area (Å²) in [6, 6.07) is 5.57. The van der Waals surface area contributed by atoms with Crippen molar-refractivity contribution in [1.82, 2.24) is 14.9 Å². The summed E-state index contributed by atoms with van der Waals surface area (Å²) in [6.07, 6.45) is 0.706. The van der Waals surface area contributed by atoms with Crippen LogP contribution in [0.3, 0.4) is 0 Å². The lowest BCUT2D eigenvalue weighted by Gasteiger charge is -2.48. The van der Waals surface area contributed by atoms with Crippen LogP contribution >= 0.6 is 0 Å². The number of halogens is 2. The highest BCUT2D eigenvalue weighted by molar-refractivity contribution is 6.90. The smallest absolute Gasteiger partial charge is 0.410 e. The number of piperazine rings is 1. The van der Waals surface area contributed by atoms with Crippen LogP contribution in [0.2, 0.25) is 16.6 Å². The van der Waals surface area contributed by atoms with Crippen LogP contribution in [0.4, 0.5) is 19.4 Å². The molecule has 2 fully saturated rings. The maximum atomic E-state index is 18.2. The third kappa shape index (κ3) is 8.20. The summed E-state index contributed by atoms with van der Waals surface area (Å²) < 4.78 is 63.8. The number of aryl methyl sites for hydroxylation is 2. The average molecular weight is 885 g/mol. The molecule has 4 atom stereocenters. The lowest BCUT2D eigenvalue weighted by Crippen LogP contribution is -2.65. The number of hydrogen-bond acceptors (Lipinski definition) is 10. The molecule has 0 spiro atoms. The van der Waals surface area contributed by atoms with E-state index < -0.39 is 43.4 Å². The summed E-state index contributed by atoms with van der Waals surface area (Å²) in [4.78, 5) is 40.6. The SMILES string of the molecule is COCOc1cc(-c2nc3c4c(nc(CCC(=O)OC)c(C)c4c2F)N2C[C@H]4CC[C@@H]([C@H]2[C@H](C)O3)N4C(=O)OC(C)(C)C)c2c(C#C[Si](C(C)C)(C(C)C)C(C)C)c(F)ccc2c1. The second-order valence-electron chi connectivity index (χ2n) is 19.3. The van der Waals surface area contributed by atoms with Crippen LogP contribution < -0.4 is 14.4 Å². The van der Waals surface area contributed by atoms with E-state index in [9.17, 15) is 9.59 Å². The van der Waals surface area contributed by atoms with Crippen molar-refractivity contribution in [3.05, 3.63) is 52.7 Å². The normalized spacial score (nSPS) is 19.6. The molecule has 0 unspecified atom stereocenters. The van der Waals surface area contributed by atoms with Crippen molar-refractivity contribution < 1.29 is 42.1 Å². The molecule has 0 N–H and O–H groups in total. The van der Waals surface area contributed by atoms with Gasteiger partial charge >= 0.3 is 12.1 Å². The highest BCUT2D eigenvalue weighted by Gasteiger charge is 2.54. The summed E-state index contributed by atoms with van der Waals surface area (Å²) in [5.74, 6) is 2.72. The first-order valence-electron chi connectivity index (χ1n) is 22.2. The Balaban J connectivity index is 1.52. The number of benzene rings is 2. The van der Waals surface area contributed by atoms with Gasteiger partial charge in [-0.15, -0.1) is 5.54 Å². The van der Waals surface area contributed by atoms with Gasteiger partial charge in [0.2, 0.25) is 5.88 Å². The molecule has 2 bridgehead atoms. The predicted molar refractivity (Wildman–Crippen MR) is 244 cm³/mol. The molecule has 2 aromatic carbocycles. The fourth-order valence-electron chi connectivity index (χ4n) is 10.7. The van der Waals surface area contributed by atoms with E-state index >= 15 is 8.78 Å². The zero-order valence-electron chi connectivity index (χ0n) is 39.0. The molecule has 11 nitrogen and oxygen atoms in total. The average Bonchev–Trinajstić information content (AvgIpc) is 3.46. The molecule has 7 rings (SSSR count). The number of aromatic nitrogens is 2. The van der Waals surface area contributed by atoms with E-state index in [0.717, 1.165) is 6.42 Å². The van der Waals surface area contributed by atoms with Crippen LogP contribution in [0.5, 0.6) is 11.6 Å². The lowest BCUT2D eigenvalue weighted by molar-refractivity contribution is -0.140. The minimum absolute atomic E-state index is 0.0223. The minimum atomic E-state index is -2.35. The molecule has 338 valence electrons. The van der Waals surface area contributed by atoms with Crippen molar-refractivity contribution >= 4 is 47.5 Å². The number of fused-ring (bicyclic) bond motifs is 6. The number of esters is 1. The Morgan fingerprint density at radius 2 is 1.68 bits per heavy atom. The number of rotatable bonds is 10. The summed E-state index contributed by atoms with van der Waals surface area (Å²) in [6.45, 7) is 22.8. The maximum Gasteiger partial charge on any atom is 0.410 e. The zero-order valence-corrected chi connectivity index (χ0v) is 40.0. The first-order chi connectivity index (χ1) is 29.7. The highest BCUT2D eigenvalue weighted by Crippen LogP contribution is 2.49. The van der Waals surface area contributed by atoms with Crippen molar-refractivity contribution in [3.63, 3.8) is 0 Å². The van der Waals surface area contributed by atoms with E-state index in [1.807, 2.05) is 32.6 Å². The predicted octanol–water partition coefficient (Wildman–Crippen LogP) is 10.4. The first-order valence-corrected chi connectivity index (χ1v) is 24.4. The summed E-state index contributed by atoms with van der Waals surface area (Å²) in [7, 11) is 0.485. The Kier molecular flexibility index (Phi) is 12.8. The number of methoxy groups -OCH3 is 2. The Morgan fingerprint density at radius 3 is 2.32 bits per heavy atom. The van der Waals surface area contributed by atoms with Gasteiger partial charge in [-0.3, -0.25) is 9.69 Å². The fourth-order valence-corrected chi connectivity index (χ4v) is 15.9. The molecule has 14 heteroatoms. The van der Waals surface area contributed by atoms with E-state index in [1.165, 1.54) is 20.3 Å². The molecule has 0 aliphatic carbocycles. The van der Waals surface area contributed by atoms with Gasteiger partial charge in [0.25, 0.3) is 0 Å². The van der Waals surface area contributed by atoms with Gasteiger partial charge in [0.1, 0.15) is 42.9 Å². The van der Waals surface area contributed by atoms with Crippen LogP contribution in [0.1, 0.15) is 105 Å². The molecule has 4 aromatic rings. The Bertz CT molecular complexity index is 2490. The molecule has 2 saturated heterocycles. The van der Waals surface area contributed by atoms with Crippen LogP contribution in [0, 0.1) is 30.0 Å². The number of amides is 1. The van der Waals surface area contributed by atoms with Crippen molar-refractivity contribution in [1.29, 1.82) is 0 Å². The van der Waals surface area contributed by atoms with E-state index in [1.54, 1.807) is 25.1 Å². The quantitative estimate of drug-likeness (QED) is 0.0660. The number of carbonyl (C=O) groups is 2. The van der Waals surface area contributed by atoms with Crippen molar-refractivity contribution in [2.24, 2.45) is 0 Å². The van der Waals surface area contributed by atoms with Crippen LogP contribution in [-0.2, 0) is 25.4 Å². The molecule has 5 heterocycles. The second-order valence-corrected chi connectivity index (χ2v) is 24.8. The van der Waals surface area contributed by atoms with Crippen LogP contribution in [0.15, 0.2) is 24.3 Å². The van der Waals surface area contributed by atoms with E-state index in [4.69, 9.17) is 33.7 Å². The standard InChI is InChI=1S/C49H62F2N4O7Si/c1-26(2)63(27(3)4,28(5)6)21-20-34-36(50)16-14-31-22-33(60-25-58-12)23-35(41(31)34)44-43(51)40-29(7)37(17-19-39(56)59-13)52-46-42(40)47(53-44)61-30(8)45-38-18-15-32(24-54(45)46)55(38)48(57)62-49(9,10)11/h14,16,22-23,26-28,30,32,38,45H,15,17-19,24-25H2,1-13H3/t30-,32+,38-,45+/m0/s1. The van der Waals surface area contributed by atoms with Crippen LogP contribution in [-0.4, -0.2) is 92.4 Å². The Labute approximate surface area is 371 Å². The summed E-state index contributed by atoms with van der Waals surface area (Å²) in [5.41, 5.74) is 5.22. The van der Waals surface area contributed by atoms with Crippen molar-refractivity contribution in [3.8, 4) is 34.4 Å². The molecule has 0 saturated carbocycles. The van der Waals surface area contributed by atoms with Crippen molar-refractivity contribution in [2.45, 2.75) is 148 Å². The molecule has 3 aliphatic heterocycles. The minimum Gasteiger partial charge on any atom is -0.472 e. The van der Waals surface area contributed by atoms with Crippen molar-refractivity contribution in [2.75, 3.05) is 32.5 Å². The molecular formula is C49H62F2N4O7Si. The van der Waals surface area contributed by atoms with E-state index in [-0.39, 0.29) is 82.5 Å². The Hall–Kier alpha value is -5.00. The van der Waals surface area contributed by atoms with E-state index in [2.05, 4.69) is 57.9 Å². The summed E-state index contributed by atoms with van der Waals surface area (Å²) >= 11 is 0. The second kappa shape index (κ2) is 17.5. The molecule has 1 amide bonds. The molecule has 2 aromatic heterocycles. The number of anilines is 1. The fraction of sp³-hybridized carbons (Fsp3) is 0.551. The lowest BCUT2D eigenvalue weighted by atomic mass is 9.94. The molecule has 3 aliphatic rings. The number of ether oxygens (including phenoxy) is 5. The van der Waals surface area contributed by atoms with Gasteiger partial charge in [-0.2, -0.15) is 0 Å². The number of carbonyl (C=O) groups excluding carboxylic acids is 2. The Morgan fingerprint density at radius 1 is 0.984 bits per heavy atom. The zero-order chi connectivity index (χ0) is 45.9. The van der Waals surface area contributed by atoms with E-state index in [0.29, 0.717) is 51.9 Å². The largest absolute Gasteiger partial charge is 0.472 e. The third-order valence-electron chi connectivity index (χ3n) is 13.4. The van der Waals surface area contributed by atoms with Crippen LogP contribution in [0.25, 0.3) is 32.8 Å². The van der Waals surface area contributed by atoms with Gasteiger partial charge in [-0.05, 0) is 93.2 Å². The number of hydrogen-bond donors (Lipinski definition) is 0. The van der Waals surface area contributed by atoms with Gasteiger partial charge in [0.15, 0.2) is 12.6 Å². The monoisotopic (exact) mass is 884 g/mol. The molecule has 0 radical (unpaired) electrons. The molecule has 63 heavy (non-hydrogen) atoms. The molecular weight excluding hydrogens is 823 g/mol. The van der Waals surface area contributed by atoms with Gasteiger partial charge < -0.3 is 28.6 Å². The number of nitrogens with zero attached hydrogens (tertiary/aromatic N) is 4. The topological polar surface area (TPSA) is 113 Å². The first kappa shape index (κ1) is 46.0. The van der Waals surface area contributed by atoms with Gasteiger partial charge in [-0.25, -0.2) is 23.5 Å². The van der Waals surface area contributed by atoms with Gasteiger partial charge in [0, 0.05) is 42.1 Å². The summed E-state index contributed by atoms with van der Waals surface area (Å²) in [5, 5.41) is 1.59. The number of pyridine rings is 2.